The lowest BCUT2D eigenvalue weighted by atomic mass is 9.96. The summed E-state index contributed by atoms with van der Waals surface area (Å²) in [5.41, 5.74) is 3.45. The lowest BCUT2D eigenvalue weighted by Gasteiger charge is -2.17. The Bertz CT molecular complexity index is 1340. The molecule has 1 aliphatic rings. The van der Waals surface area contributed by atoms with E-state index in [-0.39, 0.29) is 23.6 Å². The summed E-state index contributed by atoms with van der Waals surface area (Å²) in [6.45, 7) is 1.98. The second-order valence-electron chi connectivity index (χ2n) is 8.55. The highest BCUT2D eigenvalue weighted by atomic mass is 19.1. The van der Waals surface area contributed by atoms with Crippen LogP contribution in [-0.4, -0.2) is 18.1 Å². The molecule has 0 aliphatic carbocycles. The third kappa shape index (κ3) is 5.61. The first-order valence-corrected chi connectivity index (χ1v) is 11.9. The number of rotatable bonds is 8. The minimum absolute atomic E-state index is 0.107. The Morgan fingerprint density at radius 3 is 2.03 bits per heavy atom. The largest absolute Gasteiger partial charge is 0.473 e. The lowest BCUT2D eigenvalue weighted by molar-refractivity contribution is 0.268. The van der Waals surface area contributed by atoms with Crippen molar-refractivity contribution in [2.75, 3.05) is 13.1 Å². The Morgan fingerprint density at radius 2 is 1.42 bits per heavy atom. The standard InChI is InChI=1S/C30H26F2N2O2/c31-26-17-24(23-13-15-33-16-14-23)18-27(32)29(26)25-11-12-28(35-19-21-7-3-1-4-8-21)34-30(25)36-20-22-9-5-2-6-10-22/h1-13,17-18,33H,14-16,19-20H2. The van der Waals surface area contributed by atoms with Crippen LogP contribution in [-0.2, 0) is 13.2 Å². The number of nitrogens with one attached hydrogen (secondary N) is 1. The summed E-state index contributed by atoms with van der Waals surface area (Å²) in [5.74, 6) is -0.901. The molecular formula is C30H26F2N2O2. The zero-order chi connectivity index (χ0) is 24.7. The van der Waals surface area contributed by atoms with Crippen molar-refractivity contribution < 1.29 is 18.3 Å². The van der Waals surface area contributed by atoms with Gasteiger partial charge in [0.2, 0.25) is 11.8 Å². The zero-order valence-corrected chi connectivity index (χ0v) is 19.7. The van der Waals surface area contributed by atoms with E-state index < -0.39 is 11.6 Å². The summed E-state index contributed by atoms with van der Waals surface area (Å²) < 4.78 is 42.6. The van der Waals surface area contributed by atoms with Gasteiger partial charge in [-0.3, -0.25) is 0 Å². The van der Waals surface area contributed by atoms with Crippen molar-refractivity contribution in [2.45, 2.75) is 19.6 Å². The summed E-state index contributed by atoms with van der Waals surface area (Å²) >= 11 is 0. The fraction of sp³-hybridized carbons (Fsp3) is 0.167. The van der Waals surface area contributed by atoms with Gasteiger partial charge in [-0.2, -0.15) is 4.98 Å². The Kier molecular flexibility index (Phi) is 7.33. The molecule has 4 nitrogen and oxygen atoms in total. The average Bonchev–Trinajstić information content (AvgIpc) is 2.92. The number of benzene rings is 3. The number of ether oxygens (including phenoxy) is 2. The minimum Gasteiger partial charge on any atom is -0.473 e. The summed E-state index contributed by atoms with van der Waals surface area (Å²) in [6.07, 6.45) is 2.69. The number of hydrogen-bond acceptors (Lipinski definition) is 4. The van der Waals surface area contributed by atoms with Crippen molar-refractivity contribution in [2.24, 2.45) is 0 Å². The van der Waals surface area contributed by atoms with Crippen LogP contribution in [0.5, 0.6) is 11.8 Å². The van der Waals surface area contributed by atoms with Gasteiger partial charge in [0.15, 0.2) is 0 Å². The van der Waals surface area contributed by atoms with E-state index >= 15 is 8.78 Å². The molecule has 4 aromatic rings. The van der Waals surface area contributed by atoms with Crippen LogP contribution in [0.1, 0.15) is 23.1 Å². The number of hydrogen-bond donors (Lipinski definition) is 1. The number of halogens is 2. The van der Waals surface area contributed by atoms with Crippen molar-refractivity contribution in [3.63, 3.8) is 0 Å². The van der Waals surface area contributed by atoms with Crippen LogP contribution in [0.3, 0.4) is 0 Å². The fourth-order valence-electron chi connectivity index (χ4n) is 4.16. The predicted molar refractivity (Wildman–Crippen MR) is 137 cm³/mol. The third-order valence-corrected chi connectivity index (χ3v) is 6.03. The van der Waals surface area contributed by atoms with E-state index in [0.717, 1.165) is 29.7 Å². The second kappa shape index (κ2) is 11.1. The molecule has 0 saturated carbocycles. The van der Waals surface area contributed by atoms with Gasteiger partial charge in [0.05, 0.1) is 11.1 Å². The molecule has 0 unspecified atom stereocenters. The SMILES string of the molecule is Fc1cc(C2=CCNCC2)cc(F)c1-c1ccc(OCc2ccccc2)nc1OCc1ccccc1. The van der Waals surface area contributed by atoms with Crippen LogP contribution < -0.4 is 14.8 Å². The topological polar surface area (TPSA) is 43.4 Å². The Balaban J connectivity index is 1.47. The van der Waals surface area contributed by atoms with E-state index in [1.54, 1.807) is 12.1 Å². The number of pyridine rings is 1. The van der Waals surface area contributed by atoms with Crippen molar-refractivity contribution in [3.8, 4) is 22.9 Å². The Hall–Kier alpha value is -4.03. The van der Waals surface area contributed by atoms with Gasteiger partial charge < -0.3 is 14.8 Å². The molecule has 0 fully saturated rings. The smallest absolute Gasteiger partial charge is 0.225 e. The number of aromatic nitrogens is 1. The van der Waals surface area contributed by atoms with Gasteiger partial charge in [0.1, 0.15) is 24.8 Å². The molecule has 1 aliphatic heterocycles. The zero-order valence-electron chi connectivity index (χ0n) is 19.7. The van der Waals surface area contributed by atoms with E-state index in [1.165, 1.54) is 12.1 Å². The highest BCUT2D eigenvalue weighted by Gasteiger charge is 2.21. The van der Waals surface area contributed by atoms with E-state index in [9.17, 15) is 0 Å². The maximum absolute atomic E-state index is 15.4. The summed E-state index contributed by atoms with van der Waals surface area (Å²) in [4.78, 5) is 4.48. The molecular weight excluding hydrogens is 458 g/mol. The third-order valence-electron chi connectivity index (χ3n) is 6.03. The summed E-state index contributed by atoms with van der Waals surface area (Å²) in [5, 5.41) is 3.21. The van der Waals surface area contributed by atoms with Gasteiger partial charge in [0.25, 0.3) is 0 Å². The van der Waals surface area contributed by atoms with Gasteiger partial charge >= 0.3 is 0 Å². The first kappa shape index (κ1) is 23.7. The normalized spacial score (nSPS) is 13.2. The molecule has 0 atom stereocenters. The highest BCUT2D eigenvalue weighted by molar-refractivity contribution is 5.74. The molecule has 3 aromatic carbocycles. The lowest BCUT2D eigenvalue weighted by Crippen LogP contribution is -2.20. The van der Waals surface area contributed by atoms with Crippen LogP contribution in [0.2, 0.25) is 0 Å². The molecule has 0 bridgehead atoms. The molecule has 0 saturated heterocycles. The fourth-order valence-corrected chi connectivity index (χ4v) is 4.16. The molecule has 6 heteroatoms. The van der Waals surface area contributed by atoms with Gasteiger partial charge in [-0.1, -0.05) is 66.7 Å². The van der Waals surface area contributed by atoms with Crippen LogP contribution in [0, 0.1) is 11.6 Å². The van der Waals surface area contributed by atoms with Gasteiger partial charge in [-0.05, 0) is 53.4 Å². The van der Waals surface area contributed by atoms with Crippen molar-refractivity contribution >= 4 is 5.57 Å². The quantitative estimate of drug-likeness (QED) is 0.308. The van der Waals surface area contributed by atoms with E-state index in [1.807, 2.05) is 66.7 Å². The van der Waals surface area contributed by atoms with Crippen LogP contribution in [0.15, 0.2) is 91.0 Å². The molecule has 5 rings (SSSR count). The predicted octanol–water partition coefficient (Wildman–Crippen LogP) is 6.56. The van der Waals surface area contributed by atoms with Crippen molar-refractivity contribution in [3.05, 3.63) is 119 Å². The summed E-state index contributed by atoms with van der Waals surface area (Å²) in [6, 6.07) is 25.2. The molecule has 36 heavy (non-hydrogen) atoms. The van der Waals surface area contributed by atoms with Crippen molar-refractivity contribution in [1.29, 1.82) is 0 Å². The molecule has 1 aromatic heterocycles. The first-order chi connectivity index (χ1) is 17.7. The highest BCUT2D eigenvalue weighted by Crippen LogP contribution is 2.36. The average molecular weight is 485 g/mol. The summed E-state index contributed by atoms with van der Waals surface area (Å²) in [7, 11) is 0. The molecule has 0 spiro atoms. The molecule has 1 N–H and O–H groups in total. The monoisotopic (exact) mass is 484 g/mol. The van der Waals surface area contributed by atoms with Crippen LogP contribution in [0.4, 0.5) is 8.78 Å². The number of nitrogens with zero attached hydrogens (tertiary/aromatic N) is 1. The van der Waals surface area contributed by atoms with Crippen molar-refractivity contribution in [1.82, 2.24) is 10.3 Å². The minimum atomic E-state index is -0.659. The maximum atomic E-state index is 15.4. The molecule has 2 heterocycles. The van der Waals surface area contributed by atoms with E-state index in [2.05, 4.69) is 10.3 Å². The van der Waals surface area contributed by atoms with Gasteiger partial charge in [0, 0.05) is 12.6 Å². The van der Waals surface area contributed by atoms with Gasteiger partial charge in [-0.25, -0.2) is 8.78 Å². The molecule has 182 valence electrons. The van der Waals surface area contributed by atoms with Gasteiger partial charge in [-0.15, -0.1) is 0 Å². The van der Waals surface area contributed by atoms with E-state index in [0.29, 0.717) is 24.6 Å². The van der Waals surface area contributed by atoms with E-state index in [4.69, 9.17) is 9.47 Å². The molecule has 0 amide bonds. The van der Waals surface area contributed by atoms with Crippen LogP contribution >= 0.6 is 0 Å². The Labute approximate surface area is 209 Å². The molecule has 0 radical (unpaired) electrons. The first-order valence-electron chi connectivity index (χ1n) is 11.9. The maximum Gasteiger partial charge on any atom is 0.225 e. The second-order valence-corrected chi connectivity index (χ2v) is 8.55. The van der Waals surface area contributed by atoms with Crippen LogP contribution in [0.25, 0.3) is 16.7 Å². The Morgan fingerprint density at radius 1 is 0.778 bits per heavy atom.